The van der Waals surface area contributed by atoms with E-state index in [4.69, 9.17) is 28.4 Å². The van der Waals surface area contributed by atoms with Crippen LogP contribution >= 0.6 is 0 Å². The standard InChI is InChI=1S/C40H40N4O14/c1-39(37(51)56-5)34(48)29-31(44(39)38(52)58-18-57-36(50)20-8-6-19(7-9-20)16-43-27(46)10-11-28(43)47)24(45)14-26-40(29)15-22(40)17-42(26)35(49)23-12-21-13-25(53-2)32(54-3)33(55-4)30(21)41-23/h10-14,19-20,22,41H,6-9,15-18H2,1-5H3. The van der Waals surface area contributed by atoms with E-state index in [2.05, 4.69) is 4.98 Å². The SMILES string of the molecule is COC(=O)C1(C)C(=O)C2=C(C(=O)C=C3N(C(=O)c4cc5cc(OC)c(OC)c(OC)c5[nH]4)CC4CC324)N1C(=O)OCOC(=O)C1CCC(CN2C(=O)C=CC2=O)CC1. The summed E-state index contributed by atoms with van der Waals surface area (Å²) in [6.07, 6.45) is 4.70. The van der Waals surface area contributed by atoms with Crippen molar-refractivity contribution in [3.8, 4) is 17.2 Å². The van der Waals surface area contributed by atoms with Crippen molar-refractivity contribution in [1.29, 1.82) is 0 Å². The lowest BCUT2D eigenvalue weighted by molar-refractivity contribution is -0.162. The maximum atomic E-state index is 14.4. The zero-order valence-corrected chi connectivity index (χ0v) is 32.3. The summed E-state index contributed by atoms with van der Waals surface area (Å²) in [5.41, 5.74) is -3.06. The molecule has 58 heavy (non-hydrogen) atoms. The monoisotopic (exact) mass is 800 g/mol. The lowest BCUT2D eigenvalue weighted by Gasteiger charge is -2.32. The number of hydrogen-bond donors (Lipinski definition) is 1. The number of carbonyl (C=O) groups is 8. The van der Waals surface area contributed by atoms with Gasteiger partial charge in [0.1, 0.15) is 11.4 Å². The van der Waals surface area contributed by atoms with Gasteiger partial charge in [-0.2, -0.15) is 0 Å². The van der Waals surface area contributed by atoms with Crippen molar-refractivity contribution in [1.82, 2.24) is 19.7 Å². The summed E-state index contributed by atoms with van der Waals surface area (Å²) in [6.45, 7) is 0.684. The maximum absolute atomic E-state index is 14.4. The summed E-state index contributed by atoms with van der Waals surface area (Å²) in [5.74, 6) is -4.47. The second-order valence-corrected chi connectivity index (χ2v) is 15.3. The number of esters is 2. The smallest absolute Gasteiger partial charge is 0.418 e. The molecule has 2 saturated carbocycles. The number of Topliss-reactive ketones (excluding diaryl/α,β-unsaturated/α-hetero) is 1. The molecule has 6 aliphatic rings. The number of ether oxygens (including phenoxy) is 6. The fourth-order valence-electron chi connectivity index (χ4n) is 9.32. The fourth-order valence-corrected chi connectivity index (χ4v) is 9.32. The highest BCUT2D eigenvalue weighted by molar-refractivity contribution is 6.28. The van der Waals surface area contributed by atoms with Crippen LogP contribution in [0.4, 0.5) is 4.79 Å². The van der Waals surface area contributed by atoms with Gasteiger partial charge in [-0.15, -0.1) is 0 Å². The zero-order valence-electron chi connectivity index (χ0n) is 32.3. The number of rotatable bonds is 10. The lowest BCUT2D eigenvalue weighted by atomic mass is 9.80. The van der Waals surface area contributed by atoms with E-state index in [1.165, 1.54) is 49.4 Å². The molecule has 2 aromatic rings. The summed E-state index contributed by atoms with van der Waals surface area (Å²) in [4.78, 5) is 113. The summed E-state index contributed by atoms with van der Waals surface area (Å²) < 4.78 is 32.1. The number of aromatic nitrogens is 1. The molecule has 3 aliphatic heterocycles. The Morgan fingerprint density at radius 1 is 0.879 bits per heavy atom. The minimum atomic E-state index is -2.35. The van der Waals surface area contributed by atoms with Crippen LogP contribution in [0.5, 0.6) is 17.2 Å². The van der Waals surface area contributed by atoms with Crippen LogP contribution in [0.15, 0.2) is 47.3 Å². The van der Waals surface area contributed by atoms with Gasteiger partial charge < -0.3 is 38.3 Å². The molecule has 18 nitrogen and oxygen atoms in total. The third-order valence-electron chi connectivity index (χ3n) is 12.3. The summed E-state index contributed by atoms with van der Waals surface area (Å²) in [5, 5.41) is 0.589. The van der Waals surface area contributed by atoms with Gasteiger partial charge in [-0.25, -0.2) is 14.5 Å². The minimum absolute atomic E-state index is 0.0194. The van der Waals surface area contributed by atoms with Crippen LogP contribution < -0.4 is 14.2 Å². The minimum Gasteiger partial charge on any atom is -0.493 e. The van der Waals surface area contributed by atoms with Gasteiger partial charge in [-0.3, -0.25) is 33.7 Å². The van der Waals surface area contributed by atoms with Crippen molar-refractivity contribution in [3.63, 3.8) is 0 Å². The van der Waals surface area contributed by atoms with E-state index in [-0.39, 0.29) is 59.4 Å². The van der Waals surface area contributed by atoms with Crippen molar-refractivity contribution in [2.75, 3.05) is 48.3 Å². The summed E-state index contributed by atoms with van der Waals surface area (Å²) in [6, 6.07) is 3.29. The molecule has 0 radical (unpaired) electrons. The molecular weight excluding hydrogens is 760 g/mol. The third kappa shape index (κ3) is 5.51. The average molecular weight is 801 g/mol. The first kappa shape index (κ1) is 38.4. The van der Waals surface area contributed by atoms with Crippen LogP contribution in [-0.2, 0) is 43.0 Å². The number of allylic oxidation sites excluding steroid dienone is 2. The number of piperidine rings is 1. The Labute approximate surface area is 330 Å². The Morgan fingerprint density at radius 2 is 1.57 bits per heavy atom. The summed E-state index contributed by atoms with van der Waals surface area (Å²) >= 11 is 0. The van der Waals surface area contributed by atoms with Gasteiger partial charge in [-0.05, 0) is 63.0 Å². The Bertz CT molecular complexity index is 2310. The number of benzene rings is 1. The highest BCUT2D eigenvalue weighted by Crippen LogP contribution is 2.71. The van der Waals surface area contributed by atoms with Crippen LogP contribution in [0.3, 0.4) is 0 Å². The molecule has 4 amide bonds. The molecule has 1 saturated heterocycles. The highest BCUT2D eigenvalue weighted by Gasteiger charge is 2.75. The van der Waals surface area contributed by atoms with Gasteiger partial charge in [0, 0.05) is 53.4 Å². The molecule has 304 valence electrons. The number of aromatic amines is 1. The van der Waals surface area contributed by atoms with Crippen LogP contribution in [0.1, 0.15) is 49.5 Å². The number of amides is 4. The fraction of sp³-hybridized carbons (Fsp3) is 0.450. The van der Waals surface area contributed by atoms with Crippen molar-refractivity contribution in [2.45, 2.75) is 44.6 Å². The van der Waals surface area contributed by atoms with Gasteiger partial charge in [0.15, 0.2) is 17.3 Å². The van der Waals surface area contributed by atoms with Crippen molar-refractivity contribution >= 4 is 58.2 Å². The van der Waals surface area contributed by atoms with Crippen molar-refractivity contribution < 1.29 is 66.8 Å². The van der Waals surface area contributed by atoms with E-state index in [9.17, 15) is 38.4 Å². The van der Waals surface area contributed by atoms with Crippen LogP contribution in [0.2, 0.25) is 0 Å². The number of imide groups is 1. The molecule has 3 atom stereocenters. The second kappa shape index (κ2) is 13.9. The number of methoxy groups -OCH3 is 4. The molecule has 1 aromatic heterocycles. The van der Waals surface area contributed by atoms with Crippen LogP contribution in [0.25, 0.3) is 10.9 Å². The molecule has 1 aromatic carbocycles. The largest absolute Gasteiger partial charge is 0.493 e. The zero-order chi connectivity index (χ0) is 41.4. The highest BCUT2D eigenvalue weighted by atomic mass is 16.7. The van der Waals surface area contributed by atoms with Gasteiger partial charge in [0.25, 0.3) is 17.7 Å². The Balaban J connectivity index is 0.990. The molecule has 4 heterocycles. The number of fused-ring (bicyclic) bond motifs is 1. The first-order chi connectivity index (χ1) is 27.7. The van der Waals surface area contributed by atoms with Gasteiger partial charge in [-0.1, -0.05) is 0 Å². The van der Waals surface area contributed by atoms with Crippen molar-refractivity contribution in [2.24, 2.45) is 23.2 Å². The number of likely N-dealkylation sites (tertiary alicyclic amines) is 1. The molecule has 3 aliphatic carbocycles. The molecule has 3 unspecified atom stereocenters. The average Bonchev–Trinajstić information content (AvgIpc) is 3.45. The molecule has 3 fully saturated rings. The first-order valence-corrected chi connectivity index (χ1v) is 18.7. The quantitative estimate of drug-likeness (QED) is 0.158. The van der Waals surface area contributed by atoms with Crippen LogP contribution in [0, 0.1) is 23.2 Å². The summed E-state index contributed by atoms with van der Waals surface area (Å²) in [7, 11) is 5.42. The molecule has 0 bridgehead atoms. The lowest BCUT2D eigenvalue weighted by Crippen LogP contribution is -2.57. The van der Waals surface area contributed by atoms with Crippen LogP contribution in [-0.4, -0.2) is 121 Å². The topological polar surface area (TPSA) is 217 Å². The second-order valence-electron chi connectivity index (χ2n) is 15.3. The predicted molar refractivity (Wildman–Crippen MR) is 196 cm³/mol. The molecule has 1 N–H and O–H groups in total. The van der Waals surface area contributed by atoms with E-state index >= 15 is 0 Å². The van der Waals surface area contributed by atoms with E-state index < -0.39 is 59.2 Å². The van der Waals surface area contributed by atoms with E-state index in [0.29, 0.717) is 65.2 Å². The Kier molecular flexibility index (Phi) is 9.19. The number of H-pyrrole nitrogens is 1. The van der Waals surface area contributed by atoms with E-state index in [1.54, 1.807) is 12.1 Å². The molecular formula is C40H40N4O14. The number of nitrogens with zero attached hydrogens (tertiary/aromatic N) is 3. The molecule has 18 heteroatoms. The van der Waals surface area contributed by atoms with E-state index in [0.717, 1.165) is 14.0 Å². The predicted octanol–water partition coefficient (Wildman–Crippen LogP) is 2.56. The van der Waals surface area contributed by atoms with E-state index in [1.807, 2.05) is 0 Å². The number of hydrogen-bond acceptors (Lipinski definition) is 14. The third-order valence-corrected chi connectivity index (χ3v) is 12.3. The number of nitrogens with one attached hydrogen (secondary N) is 1. The number of ketones is 2. The van der Waals surface area contributed by atoms with Gasteiger partial charge in [0.05, 0.1) is 39.9 Å². The molecule has 8 rings (SSSR count). The van der Waals surface area contributed by atoms with Crippen molar-refractivity contribution in [3.05, 3.63) is 53.0 Å². The number of carbonyl (C=O) groups excluding carboxylic acids is 8. The normalized spacial score (nSPS) is 27.0. The Morgan fingerprint density at radius 3 is 2.21 bits per heavy atom. The van der Waals surface area contributed by atoms with Gasteiger partial charge >= 0.3 is 18.0 Å². The first-order valence-electron chi connectivity index (χ1n) is 18.7. The maximum Gasteiger partial charge on any atom is 0.418 e. The molecule has 1 spiro atoms. The Hall–Kier alpha value is -6.46. The van der Waals surface area contributed by atoms with Gasteiger partial charge in [0.2, 0.25) is 23.9 Å².